The number of halogens is 4. The minimum Gasteiger partial charge on any atom is -0.325 e. The first-order chi connectivity index (χ1) is 13.3. The lowest BCUT2D eigenvalue weighted by Gasteiger charge is -2.13. The van der Waals surface area contributed by atoms with Gasteiger partial charge in [0.15, 0.2) is 5.16 Å². The molecule has 3 aromatic rings. The van der Waals surface area contributed by atoms with Gasteiger partial charge in [0.1, 0.15) is 0 Å². The molecular formula is C19H15ClF3N3OS. The first kappa shape index (κ1) is 20.3. The van der Waals surface area contributed by atoms with Crippen molar-refractivity contribution in [2.75, 3.05) is 11.1 Å². The number of anilines is 1. The molecule has 0 atom stereocenters. The van der Waals surface area contributed by atoms with Crippen molar-refractivity contribution in [3.05, 3.63) is 65.3 Å². The number of hydrogen-bond donors (Lipinski definition) is 1. The van der Waals surface area contributed by atoms with Crippen LogP contribution in [0.25, 0.3) is 11.3 Å². The first-order valence-corrected chi connectivity index (χ1v) is 9.48. The van der Waals surface area contributed by atoms with E-state index in [1.54, 1.807) is 25.4 Å². The Morgan fingerprint density at radius 3 is 2.54 bits per heavy atom. The van der Waals surface area contributed by atoms with Gasteiger partial charge in [0.05, 0.1) is 28.9 Å². The summed E-state index contributed by atoms with van der Waals surface area (Å²) in [5, 5.41) is 3.51. The fourth-order valence-electron chi connectivity index (χ4n) is 2.57. The summed E-state index contributed by atoms with van der Waals surface area (Å²) < 4.78 is 40.9. The number of rotatable bonds is 5. The first-order valence-electron chi connectivity index (χ1n) is 8.12. The molecule has 0 unspecified atom stereocenters. The van der Waals surface area contributed by atoms with Crippen LogP contribution in [-0.2, 0) is 18.0 Å². The zero-order chi connectivity index (χ0) is 20.3. The lowest BCUT2D eigenvalue weighted by atomic mass is 10.1. The number of imidazole rings is 1. The van der Waals surface area contributed by atoms with Crippen molar-refractivity contribution in [3.8, 4) is 11.3 Å². The average molecular weight is 426 g/mol. The number of thioether (sulfide) groups is 1. The van der Waals surface area contributed by atoms with Crippen LogP contribution in [0.5, 0.6) is 0 Å². The second-order valence-corrected chi connectivity index (χ2v) is 7.25. The summed E-state index contributed by atoms with van der Waals surface area (Å²) in [6.07, 6.45) is -2.87. The zero-order valence-electron chi connectivity index (χ0n) is 14.6. The van der Waals surface area contributed by atoms with Crippen LogP contribution in [0.15, 0.2) is 59.9 Å². The molecule has 3 rings (SSSR count). The maximum Gasteiger partial charge on any atom is 0.418 e. The lowest BCUT2D eigenvalue weighted by Crippen LogP contribution is -2.18. The maximum absolute atomic E-state index is 13.0. The van der Waals surface area contributed by atoms with Gasteiger partial charge in [0.2, 0.25) is 5.91 Å². The number of benzene rings is 2. The van der Waals surface area contributed by atoms with Crippen molar-refractivity contribution < 1.29 is 18.0 Å². The molecule has 0 aliphatic rings. The van der Waals surface area contributed by atoms with Gasteiger partial charge >= 0.3 is 6.18 Å². The predicted octanol–water partition coefficient (Wildman–Crippen LogP) is 5.49. The summed E-state index contributed by atoms with van der Waals surface area (Å²) in [4.78, 5) is 16.4. The Morgan fingerprint density at radius 1 is 1.18 bits per heavy atom. The van der Waals surface area contributed by atoms with Crippen molar-refractivity contribution in [2.45, 2.75) is 11.3 Å². The average Bonchev–Trinajstić information content (AvgIpc) is 3.01. The quantitative estimate of drug-likeness (QED) is 0.550. The molecule has 0 fully saturated rings. The van der Waals surface area contributed by atoms with E-state index >= 15 is 0 Å². The molecule has 2 aromatic carbocycles. The Balaban J connectivity index is 1.67. The van der Waals surface area contributed by atoms with E-state index in [-0.39, 0.29) is 11.4 Å². The molecule has 4 nitrogen and oxygen atoms in total. The Hall–Kier alpha value is -2.45. The normalized spacial score (nSPS) is 11.5. The molecule has 0 aliphatic carbocycles. The highest BCUT2D eigenvalue weighted by atomic mass is 35.5. The van der Waals surface area contributed by atoms with E-state index in [0.29, 0.717) is 10.2 Å². The van der Waals surface area contributed by atoms with Gasteiger partial charge in [-0.2, -0.15) is 13.2 Å². The van der Waals surface area contributed by atoms with Crippen LogP contribution in [0.3, 0.4) is 0 Å². The van der Waals surface area contributed by atoms with Crippen LogP contribution in [-0.4, -0.2) is 21.2 Å². The monoisotopic (exact) mass is 425 g/mol. The molecule has 1 heterocycles. The molecule has 0 radical (unpaired) electrons. The third-order valence-electron chi connectivity index (χ3n) is 3.92. The highest BCUT2D eigenvalue weighted by Crippen LogP contribution is 2.34. The molecule has 0 saturated heterocycles. The summed E-state index contributed by atoms with van der Waals surface area (Å²) in [5.74, 6) is -0.616. The smallest absolute Gasteiger partial charge is 0.325 e. The molecule has 1 N–H and O–H groups in total. The van der Waals surface area contributed by atoms with Gasteiger partial charge in [-0.3, -0.25) is 4.79 Å². The molecule has 0 bridgehead atoms. The van der Waals surface area contributed by atoms with Crippen molar-refractivity contribution in [2.24, 2.45) is 7.05 Å². The number of amides is 1. The fraction of sp³-hybridized carbons (Fsp3) is 0.158. The van der Waals surface area contributed by atoms with Crippen LogP contribution >= 0.6 is 23.4 Å². The summed E-state index contributed by atoms with van der Waals surface area (Å²) in [6.45, 7) is 0. The Labute approximate surface area is 168 Å². The number of carbonyl (C=O) groups excluding carboxylic acids is 1. The van der Waals surface area contributed by atoms with Crippen LogP contribution in [0.2, 0.25) is 5.02 Å². The molecule has 1 amide bonds. The van der Waals surface area contributed by atoms with Gasteiger partial charge in [0.25, 0.3) is 0 Å². The summed E-state index contributed by atoms with van der Waals surface area (Å²) in [5.41, 5.74) is 0.606. The molecule has 28 heavy (non-hydrogen) atoms. The van der Waals surface area contributed by atoms with Gasteiger partial charge in [-0.1, -0.05) is 47.6 Å². The Kier molecular flexibility index (Phi) is 6.00. The summed E-state index contributed by atoms with van der Waals surface area (Å²) in [6, 6.07) is 12.1. The lowest BCUT2D eigenvalue weighted by molar-refractivity contribution is -0.137. The minimum absolute atomic E-state index is 0.0723. The van der Waals surface area contributed by atoms with E-state index < -0.39 is 17.6 Å². The number of aromatic nitrogens is 2. The molecule has 9 heteroatoms. The molecular weight excluding hydrogens is 411 g/mol. The number of hydrogen-bond acceptors (Lipinski definition) is 3. The van der Waals surface area contributed by atoms with Crippen LogP contribution in [0.1, 0.15) is 5.56 Å². The van der Waals surface area contributed by atoms with Crippen molar-refractivity contribution >= 4 is 35.0 Å². The second kappa shape index (κ2) is 8.28. The molecule has 1 aromatic heterocycles. The van der Waals surface area contributed by atoms with E-state index in [1.165, 1.54) is 18.2 Å². The van der Waals surface area contributed by atoms with Gasteiger partial charge in [-0.25, -0.2) is 4.98 Å². The molecule has 0 aliphatic heterocycles. The molecule has 0 spiro atoms. The van der Waals surface area contributed by atoms with Crippen molar-refractivity contribution in [3.63, 3.8) is 0 Å². The predicted molar refractivity (Wildman–Crippen MR) is 104 cm³/mol. The maximum atomic E-state index is 13.0. The molecule has 0 saturated carbocycles. The second-order valence-electron chi connectivity index (χ2n) is 5.87. The largest absolute Gasteiger partial charge is 0.418 e. The number of nitrogens with one attached hydrogen (secondary N) is 1. The standard InChI is InChI=1S/C19H15ClF3N3OS/c1-26-16(12-6-8-13(20)9-7-12)10-24-18(26)28-11-17(27)25-15-5-3-2-4-14(15)19(21,22)23/h2-10H,11H2,1H3,(H,25,27). The molecule has 146 valence electrons. The SMILES string of the molecule is Cn1c(-c2ccc(Cl)cc2)cnc1SCC(=O)Nc1ccccc1C(F)(F)F. The van der Waals surface area contributed by atoms with Gasteiger partial charge < -0.3 is 9.88 Å². The van der Waals surface area contributed by atoms with E-state index in [4.69, 9.17) is 11.6 Å². The van der Waals surface area contributed by atoms with Crippen molar-refractivity contribution in [1.82, 2.24) is 9.55 Å². The zero-order valence-corrected chi connectivity index (χ0v) is 16.2. The minimum atomic E-state index is -4.54. The summed E-state index contributed by atoms with van der Waals surface area (Å²) in [7, 11) is 1.80. The fourth-order valence-corrected chi connectivity index (χ4v) is 3.45. The number of carbonyl (C=O) groups is 1. The topological polar surface area (TPSA) is 46.9 Å². The van der Waals surface area contributed by atoms with Gasteiger partial charge in [-0.15, -0.1) is 0 Å². The highest BCUT2D eigenvalue weighted by molar-refractivity contribution is 7.99. The van der Waals surface area contributed by atoms with Crippen LogP contribution in [0.4, 0.5) is 18.9 Å². The van der Waals surface area contributed by atoms with E-state index in [1.807, 2.05) is 16.7 Å². The van der Waals surface area contributed by atoms with E-state index in [2.05, 4.69) is 10.3 Å². The third kappa shape index (κ3) is 4.69. The van der Waals surface area contributed by atoms with Gasteiger partial charge in [0, 0.05) is 12.1 Å². The summed E-state index contributed by atoms with van der Waals surface area (Å²) >= 11 is 7.03. The Bertz CT molecular complexity index is 987. The van der Waals surface area contributed by atoms with Gasteiger partial charge in [-0.05, 0) is 29.8 Å². The van der Waals surface area contributed by atoms with Crippen molar-refractivity contribution in [1.29, 1.82) is 0 Å². The van der Waals surface area contributed by atoms with Crippen LogP contribution < -0.4 is 5.32 Å². The highest BCUT2D eigenvalue weighted by Gasteiger charge is 2.33. The number of alkyl halides is 3. The van der Waals surface area contributed by atoms with Crippen LogP contribution in [0, 0.1) is 0 Å². The number of nitrogens with zero attached hydrogens (tertiary/aromatic N) is 2. The Morgan fingerprint density at radius 2 is 1.86 bits per heavy atom. The number of para-hydroxylation sites is 1. The van der Waals surface area contributed by atoms with E-state index in [9.17, 15) is 18.0 Å². The third-order valence-corrected chi connectivity index (χ3v) is 5.22. The van der Waals surface area contributed by atoms with E-state index in [0.717, 1.165) is 29.1 Å².